The van der Waals surface area contributed by atoms with Crippen LogP contribution < -0.4 is 10.6 Å². The number of anilines is 1. The molecule has 0 aliphatic heterocycles. The van der Waals surface area contributed by atoms with E-state index in [0.29, 0.717) is 5.02 Å². The second-order valence-electron chi connectivity index (χ2n) is 6.38. The van der Waals surface area contributed by atoms with Crippen LogP contribution in [0.25, 0.3) is 10.8 Å². The third kappa shape index (κ3) is 4.91. The van der Waals surface area contributed by atoms with Crippen LogP contribution in [-0.2, 0) is 9.59 Å². The zero-order valence-electron chi connectivity index (χ0n) is 15.4. The number of carbonyl (C=O) groups is 2. The molecule has 3 aromatic rings. The fourth-order valence-corrected chi connectivity index (χ4v) is 3.17. The zero-order chi connectivity index (χ0) is 20.8. The van der Waals surface area contributed by atoms with Crippen molar-refractivity contribution in [2.24, 2.45) is 0 Å². The highest BCUT2D eigenvalue weighted by Crippen LogP contribution is 2.26. The van der Waals surface area contributed by atoms with E-state index >= 15 is 0 Å². The third-order valence-corrected chi connectivity index (χ3v) is 4.68. The molecule has 0 fully saturated rings. The lowest BCUT2D eigenvalue weighted by atomic mass is 9.99. The van der Waals surface area contributed by atoms with Gasteiger partial charge in [0.15, 0.2) is 0 Å². The highest BCUT2D eigenvalue weighted by molar-refractivity contribution is 6.40. The van der Waals surface area contributed by atoms with Crippen molar-refractivity contribution in [3.05, 3.63) is 76.8 Å². The molecule has 1 atom stereocenters. The fraction of sp³-hybridized carbons (Fsp3) is 0.136. The number of fused-ring (bicyclic) bond motifs is 1. The van der Waals surface area contributed by atoms with Crippen LogP contribution >= 0.6 is 11.6 Å². The monoisotopic (exact) mass is 407 g/mol. The molecule has 6 nitrogen and oxygen atoms in total. The molecule has 0 spiro atoms. The largest absolute Gasteiger partial charge is 0.388 e. The van der Waals surface area contributed by atoms with Gasteiger partial charge in [-0.25, -0.2) is 0 Å². The Bertz CT molecular complexity index is 1100. The molecule has 0 saturated heterocycles. The first-order valence-electron chi connectivity index (χ1n) is 8.94. The van der Waals surface area contributed by atoms with Gasteiger partial charge in [0.05, 0.1) is 17.4 Å². The van der Waals surface area contributed by atoms with E-state index in [2.05, 4.69) is 10.6 Å². The number of benzene rings is 3. The third-order valence-electron chi connectivity index (χ3n) is 4.44. The van der Waals surface area contributed by atoms with Gasteiger partial charge >= 0.3 is 11.8 Å². The van der Waals surface area contributed by atoms with Gasteiger partial charge in [0.25, 0.3) is 0 Å². The summed E-state index contributed by atoms with van der Waals surface area (Å²) >= 11 is 5.87. The maximum Gasteiger partial charge on any atom is 0.313 e. The minimum Gasteiger partial charge on any atom is -0.388 e. The number of nitriles is 1. The summed E-state index contributed by atoms with van der Waals surface area (Å²) < 4.78 is 0. The smallest absolute Gasteiger partial charge is 0.313 e. The SMILES string of the molecule is N#Cc1ccc(Cl)cc1NC(=O)C(=O)NCCC(O)c1cccc2ccccc12. The van der Waals surface area contributed by atoms with E-state index < -0.39 is 17.9 Å². The van der Waals surface area contributed by atoms with Gasteiger partial charge in [-0.15, -0.1) is 0 Å². The fourth-order valence-electron chi connectivity index (χ4n) is 3.00. The molecular formula is C22H18ClN3O3. The highest BCUT2D eigenvalue weighted by atomic mass is 35.5. The first-order chi connectivity index (χ1) is 14.0. The predicted molar refractivity (Wildman–Crippen MR) is 111 cm³/mol. The van der Waals surface area contributed by atoms with E-state index in [1.165, 1.54) is 18.2 Å². The van der Waals surface area contributed by atoms with Gasteiger partial charge in [0, 0.05) is 11.6 Å². The van der Waals surface area contributed by atoms with Crippen LogP contribution in [0.5, 0.6) is 0 Å². The Morgan fingerprint density at radius 3 is 2.62 bits per heavy atom. The lowest BCUT2D eigenvalue weighted by Crippen LogP contribution is -2.36. The van der Waals surface area contributed by atoms with E-state index in [1.807, 2.05) is 48.5 Å². The minimum absolute atomic E-state index is 0.108. The number of amides is 2. The van der Waals surface area contributed by atoms with Crippen molar-refractivity contribution >= 4 is 39.9 Å². The summed E-state index contributed by atoms with van der Waals surface area (Å²) in [6, 6.07) is 19.7. The average molecular weight is 408 g/mol. The lowest BCUT2D eigenvalue weighted by molar-refractivity contribution is -0.136. The zero-order valence-corrected chi connectivity index (χ0v) is 16.1. The van der Waals surface area contributed by atoms with Gasteiger partial charge in [0.1, 0.15) is 6.07 Å². The van der Waals surface area contributed by atoms with Crippen LogP contribution in [-0.4, -0.2) is 23.5 Å². The Balaban J connectivity index is 1.57. The summed E-state index contributed by atoms with van der Waals surface area (Å²) in [6.45, 7) is 0.108. The van der Waals surface area contributed by atoms with E-state index in [9.17, 15) is 14.7 Å². The number of hydrogen-bond acceptors (Lipinski definition) is 4. The van der Waals surface area contributed by atoms with Crippen molar-refractivity contribution in [3.63, 3.8) is 0 Å². The van der Waals surface area contributed by atoms with E-state index in [0.717, 1.165) is 16.3 Å². The molecule has 0 aliphatic rings. The summed E-state index contributed by atoms with van der Waals surface area (Å²) in [5.74, 6) is -1.78. The molecule has 2 amide bonds. The molecule has 146 valence electrons. The molecule has 3 rings (SSSR count). The van der Waals surface area contributed by atoms with Crippen LogP contribution in [0.1, 0.15) is 23.7 Å². The molecule has 3 aromatic carbocycles. The predicted octanol–water partition coefficient (Wildman–Crippen LogP) is 3.54. The number of aliphatic hydroxyl groups excluding tert-OH is 1. The number of nitrogens with zero attached hydrogens (tertiary/aromatic N) is 1. The van der Waals surface area contributed by atoms with Crippen LogP contribution in [0.4, 0.5) is 5.69 Å². The molecule has 0 saturated carbocycles. The normalized spacial score (nSPS) is 11.5. The molecule has 0 radical (unpaired) electrons. The molecule has 3 N–H and O–H groups in total. The number of nitrogens with one attached hydrogen (secondary N) is 2. The van der Waals surface area contributed by atoms with Gasteiger partial charge in [-0.2, -0.15) is 5.26 Å². The second-order valence-corrected chi connectivity index (χ2v) is 6.82. The summed E-state index contributed by atoms with van der Waals surface area (Å²) in [6.07, 6.45) is -0.546. The first kappa shape index (κ1) is 20.3. The summed E-state index contributed by atoms with van der Waals surface area (Å²) in [4.78, 5) is 24.1. The maximum absolute atomic E-state index is 12.1. The molecule has 0 heterocycles. The number of halogens is 1. The van der Waals surface area contributed by atoms with Crippen LogP contribution in [0.3, 0.4) is 0 Å². The topological polar surface area (TPSA) is 102 Å². The van der Waals surface area contributed by atoms with Gasteiger partial charge in [-0.1, -0.05) is 54.1 Å². The summed E-state index contributed by atoms with van der Waals surface area (Å²) in [5.41, 5.74) is 1.12. The summed E-state index contributed by atoms with van der Waals surface area (Å²) in [5, 5.41) is 26.7. The van der Waals surface area contributed by atoms with Gasteiger partial charge < -0.3 is 15.7 Å². The Labute approximate surface area is 172 Å². The first-order valence-corrected chi connectivity index (χ1v) is 9.32. The number of aliphatic hydroxyl groups is 1. The molecule has 0 bridgehead atoms. The summed E-state index contributed by atoms with van der Waals surface area (Å²) in [7, 11) is 0. The Morgan fingerprint density at radius 1 is 1.07 bits per heavy atom. The second kappa shape index (κ2) is 9.20. The van der Waals surface area contributed by atoms with Crippen molar-refractivity contribution in [2.45, 2.75) is 12.5 Å². The molecule has 0 aromatic heterocycles. The van der Waals surface area contributed by atoms with E-state index in [1.54, 1.807) is 0 Å². The Morgan fingerprint density at radius 2 is 1.83 bits per heavy atom. The molecule has 29 heavy (non-hydrogen) atoms. The van der Waals surface area contributed by atoms with Crippen molar-refractivity contribution < 1.29 is 14.7 Å². The van der Waals surface area contributed by atoms with Gasteiger partial charge in [0.2, 0.25) is 0 Å². The Hall–Kier alpha value is -3.40. The molecule has 1 unspecified atom stereocenters. The molecular weight excluding hydrogens is 390 g/mol. The Kier molecular flexibility index (Phi) is 6.45. The average Bonchev–Trinajstić information content (AvgIpc) is 2.73. The molecule has 0 aliphatic carbocycles. The number of rotatable bonds is 5. The lowest BCUT2D eigenvalue weighted by Gasteiger charge is -2.14. The van der Waals surface area contributed by atoms with Crippen LogP contribution in [0.15, 0.2) is 60.7 Å². The van der Waals surface area contributed by atoms with Crippen molar-refractivity contribution in [3.8, 4) is 6.07 Å². The quantitative estimate of drug-likeness (QED) is 0.563. The van der Waals surface area contributed by atoms with Gasteiger partial charge in [-0.3, -0.25) is 9.59 Å². The number of carbonyl (C=O) groups excluding carboxylic acids is 2. The maximum atomic E-state index is 12.1. The number of hydrogen-bond donors (Lipinski definition) is 3. The van der Waals surface area contributed by atoms with Crippen LogP contribution in [0, 0.1) is 11.3 Å². The van der Waals surface area contributed by atoms with Crippen molar-refractivity contribution in [2.75, 3.05) is 11.9 Å². The van der Waals surface area contributed by atoms with E-state index in [-0.39, 0.29) is 24.2 Å². The minimum atomic E-state index is -0.914. The standard InChI is InChI=1S/C22H18ClN3O3/c23-16-9-8-15(13-24)19(12-16)26-22(29)21(28)25-11-10-20(27)18-7-3-5-14-4-1-2-6-17(14)18/h1-9,12,20,27H,10-11H2,(H,25,28)(H,26,29). The van der Waals surface area contributed by atoms with Crippen LogP contribution in [0.2, 0.25) is 5.02 Å². The van der Waals surface area contributed by atoms with Crippen molar-refractivity contribution in [1.29, 1.82) is 5.26 Å². The van der Waals surface area contributed by atoms with E-state index in [4.69, 9.17) is 16.9 Å². The highest BCUT2D eigenvalue weighted by Gasteiger charge is 2.17. The van der Waals surface area contributed by atoms with Crippen molar-refractivity contribution in [1.82, 2.24) is 5.32 Å². The molecule has 7 heteroatoms. The van der Waals surface area contributed by atoms with Gasteiger partial charge in [-0.05, 0) is 41.0 Å².